The second-order valence-electron chi connectivity index (χ2n) is 4.66. The molecule has 1 unspecified atom stereocenters. The third-order valence-electron chi connectivity index (χ3n) is 3.12. The van der Waals surface area contributed by atoms with Gasteiger partial charge in [-0.25, -0.2) is 0 Å². The minimum Gasteiger partial charge on any atom is -0.504 e. The standard InChI is InChI=1S/C12H14Br2N2O6/c1-2-3-4-8(17)22-12(19)15(20)7-5-6(13)9(14)11(18)10(7)16(12)21/h5,18-21H,2-4H2,1H3. The van der Waals surface area contributed by atoms with E-state index in [0.717, 1.165) is 6.42 Å². The molecule has 2 rings (SSSR count). The molecule has 1 aliphatic heterocycles. The lowest BCUT2D eigenvalue weighted by Gasteiger charge is -2.31. The summed E-state index contributed by atoms with van der Waals surface area (Å²) in [6, 6.07) is -1.54. The number of nitrogens with zero attached hydrogens (tertiary/aromatic N) is 2. The lowest BCUT2D eigenvalue weighted by atomic mass is 10.2. The second kappa shape index (κ2) is 6.20. The number of hydrogen-bond acceptors (Lipinski definition) is 8. The number of phenols is 1. The molecule has 0 amide bonds. The van der Waals surface area contributed by atoms with Crippen LogP contribution < -0.4 is 10.1 Å². The highest BCUT2D eigenvalue weighted by Gasteiger charge is 2.55. The predicted octanol–water partition coefficient (Wildman–Crippen LogP) is 2.66. The number of carbonyl (C=O) groups excluding carboxylic acids is 1. The second-order valence-corrected chi connectivity index (χ2v) is 6.31. The van der Waals surface area contributed by atoms with Gasteiger partial charge in [0, 0.05) is 10.9 Å². The first-order valence-corrected chi connectivity index (χ1v) is 7.96. The molecule has 8 nitrogen and oxygen atoms in total. The fourth-order valence-corrected chi connectivity index (χ4v) is 2.67. The number of fused-ring (bicyclic) bond motifs is 1. The van der Waals surface area contributed by atoms with Crippen LogP contribution in [0.3, 0.4) is 0 Å². The van der Waals surface area contributed by atoms with E-state index in [1.54, 1.807) is 0 Å². The lowest BCUT2D eigenvalue weighted by molar-refractivity contribution is -0.249. The Kier molecular flexibility index (Phi) is 4.87. The maximum absolute atomic E-state index is 11.7. The minimum absolute atomic E-state index is 0.0101. The molecule has 122 valence electrons. The molecule has 0 spiro atoms. The topological polar surface area (TPSA) is 114 Å². The largest absolute Gasteiger partial charge is 0.504 e. The van der Waals surface area contributed by atoms with Crippen molar-refractivity contribution in [1.82, 2.24) is 0 Å². The average molecular weight is 442 g/mol. The fraction of sp³-hybridized carbons (Fsp3) is 0.417. The molecule has 1 aromatic rings. The van der Waals surface area contributed by atoms with Gasteiger partial charge in [-0.1, -0.05) is 13.3 Å². The maximum atomic E-state index is 11.7. The zero-order chi connectivity index (χ0) is 16.7. The number of carbonyl (C=O) groups is 1. The van der Waals surface area contributed by atoms with E-state index in [9.17, 15) is 25.4 Å². The van der Waals surface area contributed by atoms with Crippen LogP contribution in [0.5, 0.6) is 5.75 Å². The number of aliphatic hydroxyl groups is 1. The van der Waals surface area contributed by atoms with E-state index in [1.807, 2.05) is 6.92 Å². The Hall–Kier alpha value is -1.07. The van der Waals surface area contributed by atoms with E-state index < -0.39 is 17.8 Å². The molecule has 1 atom stereocenters. The molecule has 0 aromatic heterocycles. The van der Waals surface area contributed by atoms with Crippen LogP contribution in [-0.4, -0.2) is 32.6 Å². The van der Waals surface area contributed by atoms with Gasteiger partial charge < -0.3 is 14.9 Å². The van der Waals surface area contributed by atoms with Crippen molar-refractivity contribution < 1.29 is 30.2 Å². The monoisotopic (exact) mass is 440 g/mol. The number of ether oxygens (including phenoxy) is 1. The van der Waals surface area contributed by atoms with Gasteiger partial charge in [0.05, 0.1) is 4.47 Å². The summed E-state index contributed by atoms with van der Waals surface area (Å²) >= 11 is 6.21. The van der Waals surface area contributed by atoms with E-state index in [0.29, 0.717) is 10.9 Å². The normalized spacial score (nSPS) is 20.3. The fourth-order valence-electron chi connectivity index (χ4n) is 1.96. The van der Waals surface area contributed by atoms with E-state index in [2.05, 4.69) is 31.9 Å². The molecule has 0 radical (unpaired) electrons. The molecule has 22 heavy (non-hydrogen) atoms. The van der Waals surface area contributed by atoms with Gasteiger partial charge in [-0.05, 0) is 44.3 Å². The summed E-state index contributed by atoms with van der Waals surface area (Å²) < 4.78 is 5.32. The molecule has 10 heteroatoms. The Morgan fingerprint density at radius 3 is 2.59 bits per heavy atom. The number of halogens is 2. The van der Waals surface area contributed by atoms with Crippen molar-refractivity contribution in [2.24, 2.45) is 0 Å². The number of aromatic hydroxyl groups is 1. The van der Waals surface area contributed by atoms with Crippen LogP contribution in [0.25, 0.3) is 0 Å². The van der Waals surface area contributed by atoms with Crippen molar-refractivity contribution in [3.63, 3.8) is 0 Å². The highest BCUT2D eigenvalue weighted by Crippen LogP contribution is 2.52. The van der Waals surface area contributed by atoms with Crippen molar-refractivity contribution in [3.05, 3.63) is 15.0 Å². The number of hydroxylamine groups is 2. The number of hydrogen-bond donors (Lipinski definition) is 4. The summed E-state index contributed by atoms with van der Waals surface area (Å²) in [6.07, 6.45) is 1.28. The third kappa shape index (κ3) is 2.65. The molecule has 0 aliphatic carbocycles. The summed E-state index contributed by atoms with van der Waals surface area (Å²) in [7, 11) is 0. The first-order valence-electron chi connectivity index (χ1n) is 6.37. The first-order chi connectivity index (χ1) is 10.2. The van der Waals surface area contributed by atoms with Crippen LogP contribution in [0.2, 0.25) is 0 Å². The van der Waals surface area contributed by atoms with Gasteiger partial charge in [0.25, 0.3) is 0 Å². The highest BCUT2D eigenvalue weighted by molar-refractivity contribution is 9.13. The number of anilines is 2. The van der Waals surface area contributed by atoms with E-state index in [1.165, 1.54) is 6.07 Å². The SMILES string of the molecule is CCCCC(=O)OC1(O)N(O)c2cc(Br)c(Br)c(O)c2N1O. The van der Waals surface area contributed by atoms with Gasteiger partial charge in [0.1, 0.15) is 11.4 Å². The van der Waals surface area contributed by atoms with Crippen LogP contribution >= 0.6 is 31.9 Å². The van der Waals surface area contributed by atoms with Gasteiger partial charge >= 0.3 is 12.0 Å². The third-order valence-corrected chi connectivity index (χ3v) is 5.09. The molecule has 0 saturated heterocycles. The van der Waals surface area contributed by atoms with Crippen molar-refractivity contribution in [1.29, 1.82) is 0 Å². The Labute approximate surface area is 142 Å². The minimum atomic E-state index is -2.86. The zero-order valence-corrected chi connectivity index (χ0v) is 14.6. The van der Waals surface area contributed by atoms with E-state index in [4.69, 9.17) is 4.74 Å². The van der Waals surface area contributed by atoms with Crippen molar-refractivity contribution in [2.45, 2.75) is 32.2 Å². The summed E-state index contributed by atoms with van der Waals surface area (Å²) in [5.74, 6) is -1.26. The molecular formula is C12H14Br2N2O6. The van der Waals surface area contributed by atoms with Crippen LogP contribution in [0.4, 0.5) is 11.4 Å². The predicted molar refractivity (Wildman–Crippen MR) is 82.6 cm³/mol. The number of phenolic OH excluding ortho intramolecular Hbond substituents is 1. The quantitative estimate of drug-likeness (QED) is 0.416. The Balaban J connectivity index is 2.37. The van der Waals surface area contributed by atoms with Crippen LogP contribution in [-0.2, 0) is 9.53 Å². The molecule has 1 aromatic carbocycles. The molecular weight excluding hydrogens is 428 g/mol. The van der Waals surface area contributed by atoms with Gasteiger partial charge in [-0.3, -0.25) is 15.2 Å². The van der Waals surface area contributed by atoms with Crippen LogP contribution in [0.1, 0.15) is 26.2 Å². The molecule has 0 fully saturated rings. The Bertz CT molecular complexity index is 614. The van der Waals surface area contributed by atoms with E-state index in [-0.39, 0.29) is 32.4 Å². The Morgan fingerprint density at radius 2 is 2.00 bits per heavy atom. The van der Waals surface area contributed by atoms with Crippen molar-refractivity contribution in [2.75, 3.05) is 10.1 Å². The molecule has 1 heterocycles. The van der Waals surface area contributed by atoms with Gasteiger partial charge in [0.2, 0.25) is 0 Å². The maximum Gasteiger partial charge on any atom is 0.434 e. The number of benzene rings is 1. The van der Waals surface area contributed by atoms with Crippen molar-refractivity contribution >= 4 is 49.2 Å². The average Bonchev–Trinajstić information content (AvgIpc) is 2.65. The summed E-state index contributed by atoms with van der Waals surface area (Å²) in [4.78, 5) is 11.7. The lowest BCUT2D eigenvalue weighted by Crippen LogP contribution is -2.58. The van der Waals surface area contributed by atoms with Crippen LogP contribution in [0, 0.1) is 0 Å². The van der Waals surface area contributed by atoms with E-state index >= 15 is 0 Å². The summed E-state index contributed by atoms with van der Waals surface area (Å²) in [5, 5.41) is 40.6. The summed E-state index contributed by atoms with van der Waals surface area (Å²) in [5.41, 5.74) is -0.468. The van der Waals surface area contributed by atoms with Gasteiger partial charge in [0.15, 0.2) is 5.75 Å². The highest BCUT2D eigenvalue weighted by atomic mass is 79.9. The molecule has 4 N–H and O–H groups in total. The Morgan fingerprint density at radius 1 is 1.36 bits per heavy atom. The zero-order valence-electron chi connectivity index (χ0n) is 11.5. The number of unbranched alkanes of at least 4 members (excludes halogenated alkanes) is 1. The first kappa shape index (κ1) is 17.3. The van der Waals surface area contributed by atoms with Crippen molar-refractivity contribution in [3.8, 4) is 5.75 Å². The van der Waals surface area contributed by atoms with Gasteiger partial charge in [-0.15, -0.1) is 0 Å². The molecule has 1 aliphatic rings. The molecule has 0 bridgehead atoms. The van der Waals surface area contributed by atoms with Crippen LogP contribution in [0.15, 0.2) is 15.0 Å². The molecule has 0 saturated carbocycles. The number of rotatable bonds is 4. The smallest absolute Gasteiger partial charge is 0.434 e. The number of esters is 1. The van der Waals surface area contributed by atoms with Gasteiger partial charge in [-0.2, -0.15) is 10.1 Å². The summed E-state index contributed by atoms with van der Waals surface area (Å²) in [6.45, 7) is 1.87.